The number of rotatable bonds is 2. The maximum absolute atomic E-state index is 11.3. The van der Waals surface area contributed by atoms with Gasteiger partial charge in [0.05, 0.1) is 6.54 Å². The Labute approximate surface area is 95.6 Å². The number of nitrogens with one attached hydrogen (secondary N) is 1. The second kappa shape index (κ2) is 5.45. The summed E-state index contributed by atoms with van der Waals surface area (Å²) in [6.45, 7) is 0.649. The van der Waals surface area contributed by atoms with E-state index in [1.54, 1.807) is 0 Å². The van der Waals surface area contributed by atoms with Crippen LogP contribution in [0.3, 0.4) is 0 Å². The lowest BCUT2D eigenvalue weighted by atomic mass is 10.2. The van der Waals surface area contributed by atoms with Crippen molar-refractivity contribution >= 4 is 11.7 Å². The number of amides is 1. The van der Waals surface area contributed by atoms with Gasteiger partial charge in [-0.1, -0.05) is 30.3 Å². The van der Waals surface area contributed by atoms with Crippen LogP contribution in [0.1, 0.15) is 31.2 Å². The fourth-order valence-electron chi connectivity index (χ4n) is 1.75. The van der Waals surface area contributed by atoms with Crippen molar-refractivity contribution in [2.45, 2.75) is 32.2 Å². The number of benzene rings is 1. The summed E-state index contributed by atoms with van der Waals surface area (Å²) in [6, 6.07) is 10.1. The van der Waals surface area contributed by atoms with Gasteiger partial charge in [-0.05, 0) is 18.4 Å². The Hall–Kier alpha value is -1.64. The molecule has 0 bridgehead atoms. The highest BCUT2D eigenvalue weighted by Gasteiger charge is 2.10. The number of carbonyl (C=O) groups excluding carboxylic acids is 1. The third kappa shape index (κ3) is 3.19. The van der Waals surface area contributed by atoms with Crippen LogP contribution < -0.4 is 5.32 Å². The Kier molecular flexibility index (Phi) is 3.70. The van der Waals surface area contributed by atoms with E-state index in [2.05, 4.69) is 10.3 Å². The van der Waals surface area contributed by atoms with Crippen LogP contribution in [0.4, 0.5) is 0 Å². The van der Waals surface area contributed by atoms with Crippen LogP contribution in [0.15, 0.2) is 35.3 Å². The molecule has 1 aliphatic rings. The van der Waals surface area contributed by atoms with E-state index in [4.69, 9.17) is 0 Å². The maximum atomic E-state index is 11.3. The molecule has 1 N–H and O–H groups in total. The number of aliphatic imine (C=N–C) groups is 1. The van der Waals surface area contributed by atoms with Gasteiger partial charge in [-0.15, -0.1) is 0 Å². The third-order valence-electron chi connectivity index (χ3n) is 2.65. The molecular weight excluding hydrogens is 200 g/mol. The van der Waals surface area contributed by atoms with Gasteiger partial charge in [0.2, 0.25) is 5.91 Å². The average Bonchev–Trinajstić information content (AvgIpc) is 2.52. The van der Waals surface area contributed by atoms with Crippen LogP contribution in [0.2, 0.25) is 0 Å². The van der Waals surface area contributed by atoms with E-state index in [1.165, 1.54) is 5.56 Å². The number of hydrogen-bond donors (Lipinski definition) is 1. The first-order valence-electron chi connectivity index (χ1n) is 5.72. The summed E-state index contributed by atoms with van der Waals surface area (Å²) in [5.41, 5.74) is 1.17. The zero-order valence-electron chi connectivity index (χ0n) is 9.28. The molecule has 0 aromatic heterocycles. The topological polar surface area (TPSA) is 41.5 Å². The van der Waals surface area contributed by atoms with E-state index in [9.17, 15) is 4.79 Å². The molecule has 3 nitrogen and oxygen atoms in total. The predicted octanol–water partition coefficient (Wildman–Crippen LogP) is 2.28. The molecule has 84 valence electrons. The molecular formula is C13H16N2O. The molecule has 1 aromatic rings. The molecule has 16 heavy (non-hydrogen) atoms. The number of nitrogens with zero attached hydrogens (tertiary/aromatic N) is 1. The van der Waals surface area contributed by atoms with Crippen LogP contribution in [0, 0.1) is 0 Å². The van der Waals surface area contributed by atoms with Crippen molar-refractivity contribution in [2.24, 2.45) is 4.99 Å². The molecule has 0 spiro atoms. The van der Waals surface area contributed by atoms with Gasteiger partial charge in [0.15, 0.2) is 0 Å². The minimum absolute atomic E-state index is 0.101. The largest absolute Gasteiger partial charge is 0.315 e. The summed E-state index contributed by atoms with van der Waals surface area (Å²) >= 11 is 0. The van der Waals surface area contributed by atoms with Gasteiger partial charge in [-0.25, -0.2) is 0 Å². The van der Waals surface area contributed by atoms with Crippen molar-refractivity contribution in [1.29, 1.82) is 0 Å². The molecule has 1 amide bonds. The predicted molar refractivity (Wildman–Crippen MR) is 64.2 cm³/mol. The Bertz CT molecular complexity index is 384. The van der Waals surface area contributed by atoms with Gasteiger partial charge >= 0.3 is 0 Å². The van der Waals surface area contributed by atoms with E-state index in [1.807, 2.05) is 30.3 Å². The van der Waals surface area contributed by atoms with Gasteiger partial charge in [0, 0.05) is 12.8 Å². The van der Waals surface area contributed by atoms with Crippen molar-refractivity contribution < 1.29 is 4.79 Å². The third-order valence-corrected chi connectivity index (χ3v) is 2.65. The first kappa shape index (κ1) is 10.9. The summed E-state index contributed by atoms with van der Waals surface area (Å²) < 4.78 is 0. The first-order chi connectivity index (χ1) is 7.84. The normalized spacial score (nSPS) is 19.2. The summed E-state index contributed by atoms with van der Waals surface area (Å²) in [5, 5.41) is 2.86. The molecule has 0 radical (unpaired) electrons. The molecule has 0 unspecified atom stereocenters. The lowest BCUT2D eigenvalue weighted by molar-refractivity contribution is -0.119. The standard InChI is InChI=1S/C13H16N2O/c16-13-9-5-4-8-12(15-13)14-10-11-6-2-1-3-7-11/h1-3,6-7H,4-5,8-10H2,(H,14,15,16). The molecule has 3 heteroatoms. The summed E-state index contributed by atoms with van der Waals surface area (Å²) in [4.78, 5) is 15.8. The van der Waals surface area contributed by atoms with Crippen molar-refractivity contribution in [3.05, 3.63) is 35.9 Å². The lowest BCUT2D eigenvalue weighted by Crippen LogP contribution is -2.28. The van der Waals surface area contributed by atoms with E-state index < -0.39 is 0 Å². The second-order valence-electron chi connectivity index (χ2n) is 4.00. The van der Waals surface area contributed by atoms with Crippen LogP contribution in [-0.4, -0.2) is 11.7 Å². The van der Waals surface area contributed by atoms with Gasteiger partial charge in [-0.2, -0.15) is 0 Å². The molecule has 1 aromatic carbocycles. The summed E-state index contributed by atoms with van der Waals surface area (Å²) in [6.07, 6.45) is 3.53. The zero-order valence-corrected chi connectivity index (χ0v) is 9.28. The fraction of sp³-hybridized carbons (Fsp3) is 0.385. The molecule has 1 aliphatic heterocycles. The van der Waals surface area contributed by atoms with E-state index in [-0.39, 0.29) is 5.91 Å². The monoisotopic (exact) mass is 216 g/mol. The molecule has 1 saturated heterocycles. The van der Waals surface area contributed by atoms with Gasteiger partial charge < -0.3 is 5.32 Å². The number of carbonyl (C=O) groups is 1. The minimum atomic E-state index is 0.101. The molecule has 0 saturated carbocycles. The molecule has 1 heterocycles. The van der Waals surface area contributed by atoms with E-state index in [0.29, 0.717) is 13.0 Å². The smallest absolute Gasteiger partial charge is 0.225 e. The Morgan fingerprint density at radius 3 is 2.69 bits per heavy atom. The summed E-state index contributed by atoms with van der Waals surface area (Å²) in [5.74, 6) is 0.940. The minimum Gasteiger partial charge on any atom is -0.315 e. The highest BCUT2D eigenvalue weighted by atomic mass is 16.1. The Balaban J connectivity index is 1.98. The fourth-order valence-corrected chi connectivity index (χ4v) is 1.75. The molecule has 2 rings (SSSR count). The maximum Gasteiger partial charge on any atom is 0.225 e. The molecule has 1 fully saturated rings. The molecule has 0 atom stereocenters. The number of hydrogen-bond acceptors (Lipinski definition) is 2. The van der Waals surface area contributed by atoms with Crippen LogP contribution in [-0.2, 0) is 11.3 Å². The van der Waals surface area contributed by atoms with Crippen molar-refractivity contribution in [1.82, 2.24) is 5.32 Å². The van der Waals surface area contributed by atoms with Crippen LogP contribution in [0.5, 0.6) is 0 Å². The highest BCUT2D eigenvalue weighted by Crippen LogP contribution is 2.07. The van der Waals surface area contributed by atoms with Gasteiger partial charge in [0.1, 0.15) is 5.84 Å². The highest BCUT2D eigenvalue weighted by molar-refractivity contribution is 5.98. The van der Waals surface area contributed by atoms with Crippen molar-refractivity contribution in [3.8, 4) is 0 Å². The van der Waals surface area contributed by atoms with Crippen molar-refractivity contribution in [3.63, 3.8) is 0 Å². The van der Waals surface area contributed by atoms with Gasteiger partial charge in [-0.3, -0.25) is 9.79 Å². The van der Waals surface area contributed by atoms with Gasteiger partial charge in [0.25, 0.3) is 0 Å². The quantitative estimate of drug-likeness (QED) is 0.809. The SMILES string of the molecule is O=C1CCCCC(=NCc2ccccc2)N1. The first-order valence-corrected chi connectivity index (χ1v) is 5.72. The van der Waals surface area contributed by atoms with Crippen LogP contribution >= 0.6 is 0 Å². The van der Waals surface area contributed by atoms with E-state index >= 15 is 0 Å². The average molecular weight is 216 g/mol. The number of amidine groups is 1. The lowest BCUT2D eigenvalue weighted by Gasteiger charge is -2.03. The van der Waals surface area contributed by atoms with E-state index in [0.717, 1.165) is 25.1 Å². The Morgan fingerprint density at radius 2 is 1.88 bits per heavy atom. The second-order valence-corrected chi connectivity index (χ2v) is 4.00. The van der Waals surface area contributed by atoms with Crippen LogP contribution in [0.25, 0.3) is 0 Å². The molecule has 0 aliphatic carbocycles. The zero-order chi connectivity index (χ0) is 11.2. The Morgan fingerprint density at radius 1 is 1.12 bits per heavy atom. The summed E-state index contributed by atoms with van der Waals surface area (Å²) in [7, 11) is 0. The van der Waals surface area contributed by atoms with Crippen molar-refractivity contribution in [2.75, 3.05) is 0 Å².